The molecule has 0 saturated heterocycles. The molecule has 5 nitrogen and oxygen atoms in total. The molecule has 1 aromatic heterocycles. The maximum Gasteiger partial charge on any atom is 0.354 e. The summed E-state index contributed by atoms with van der Waals surface area (Å²) in [5, 5.41) is 8.92. The van der Waals surface area contributed by atoms with E-state index in [-0.39, 0.29) is 11.4 Å². The molecular formula is C11H8N2O3. The monoisotopic (exact) mass is 216 g/mol. The largest absolute Gasteiger partial charge is 0.477 e. The molecule has 2 aromatic rings. The SMILES string of the molecule is O=Cc1ccccc1-c1nc[nH]c1C(=O)O. The predicted molar refractivity (Wildman–Crippen MR) is 56.4 cm³/mol. The Morgan fingerprint density at radius 2 is 2.12 bits per heavy atom. The summed E-state index contributed by atoms with van der Waals surface area (Å²) in [7, 11) is 0. The molecule has 2 N–H and O–H groups in total. The highest BCUT2D eigenvalue weighted by atomic mass is 16.4. The van der Waals surface area contributed by atoms with Crippen molar-refractivity contribution >= 4 is 12.3 Å². The fourth-order valence-corrected chi connectivity index (χ4v) is 1.48. The third-order valence-electron chi connectivity index (χ3n) is 2.20. The quantitative estimate of drug-likeness (QED) is 0.763. The molecule has 0 spiro atoms. The van der Waals surface area contributed by atoms with Gasteiger partial charge >= 0.3 is 5.97 Å². The molecule has 0 saturated carbocycles. The summed E-state index contributed by atoms with van der Waals surface area (Å²) in [6.07, 6.45) is 1.97. The summed E-state index contributed by atoms with van der Waals surface area (Å²) < 4.78 is 0. The average molecular weight is 216 g/mol. The number of nitrogens with one attached hydrogen (secondary N) is 1. The number of aromatic amines is 1. The zero-order valence-corrected chi connectivity index (χ0v) is 8.18. The van der Waals surface area contributed by atoms with Crippen molar-refractivity contribution in [1.82, 2.24) is 9.97 Å². The van der Waals surface area contributed by atoms with Gasteiger partial charge in [-0.25, -0.2) is 9.78 Å². The summed E-state index contributed by atoms with van der Waals surface area (Å²) in [4.78, 5) is 28.2. The van der Waals surface area contributed by atoms with Crippen molar-refractivity contribution in [2.45, 2.75) is 0 Å². The molecule has 0 aliphatic heterocycles. The Labute approximate surface area is 90.8 Å². The number of aldehydes is 1. The highest BCUT2D eigenvalue weighted by molar-refractivity contribution is 5.96. The lowest BCUT2D eigenvalue weighted by molar-refractivity contribution is 0.0692. The number of hydrogen-bond acceptors (Lipinski definition) is 3. The van der Waals surface area contributed by atoms with Crippen LogP contribution in [0, 0.1) is 0 Å². The van der Waals surface area contributed by atoms with E-state index in [4.69, 9.17) is 5.11 Å². The van der Waals surface area contributed by atoms with Crippen molar-refractivity contribution < 1.29 is 14.7 Å². The van der Waals surface area contributed by atoms with Crippen LogP contribution in [-0.2, 0) is 0 Å². The van der Waals surface area contributed by atoms with Crippen molar-refractivity contribution in [1.29, 1.82) is 0 Å². The number of H-pyrrole nitrogens is 1. The van der Waals surface area contributed by atoms with Crippen LogP contribution in [0.2, 0.25) is 0 Å². The molecule has 0 amide bonds. The zero-order valence-electron chi connectivity index (χ0n) is 8.18. The number of aromatic carboxylic acids is 1. The van der Waals surface area contributed by atoms with Crippen molar-refractivity contribution in [3.05, 3.63) is 41.9 Å². The van der Waals surface area contributed by atoms with Gasteiger partial charge in [-0.05, 0) is 0 Å². The van der Waals surface area contributed by atoms with Crippen LogP contribution in [-0.4, -0.2) is 27.3 Å². The van der Waals surface area contributed by atoms with E-state index in [1.54, 1.807) is 24.3 Å². The lowest BCUT2D eigenvalue weighted by atomic mass is 10.0. The number of carboxylic acids is 1. The van der Waals surface area contributed by atoms with Crippen LogP contribution in [0.25, 0.3) is 11.3 Å². The molecule has 5 heteroatoms. The van der Waals surface area contributed by atoms with E-state index in [1.165, 1.54) is 6.33 Å². The average Bonchev–Trinajstić information content (AvgIpc) is 2.77. The molecule has 2 rings (SSSR count). The Kier molecular flexibility index (Phi) is 2.51. The fourth-order valence-electron chi connectivity index (χ4n) is 1.48. The second-order valence-electron chi connectivity index (χ2n) is 3.14. The smallest absolute Gasteiger partial charge is 0.354 e. The molecule has 0 aliphatic rings. The highest BCUT2D eigenvalue weighted by Gasteiger charge is 2.16. The molecule has 80 valence electrons. The Bertz CT molecular complexity index is 546. The van der Waals surface area contributed by atoms with Crippen LogP contribution in [0.15, 0.2) is 30.6 Å². The maximum atomic E-state index is 10.9. The molecule has 0 radical (unpaired) electrons. The minimum absolute atomic E-state index is 0.0192. The van der Waals surface area contributed by atoms with E-state index in [0.29, 0.717) is 17.4 Å². The number of benzene rings is 1. The molecule has 0 atom stereocenters. The van der Waals surface area contributed by atoms with Crippen LogP contribution >= 0.6 is 0 Å². The van der Waals surface area contributed by atoms with Crippen LogP contribution in [0.5, 0.6) is 0 Å². The maximum absolute atomic E-state index is 10.9. The van der Waals surface area contributed by atoms with Crippen LogP contribution in [0.4, 0.5) is 0 Å². The fraction of sp³-hybridized carbons (Fsp3) is 0. The summed E-state index contributed by atoms with van der Waals surface area (Å²) in [6, 6.07) is 6.71. The summed E-state index contributed by atoms with van der Waals surface area (Å²) in [5.41, 5.74) is 1.18. The van der Waals surface area contributed by atoms with Crippen molar-refractivity contribution in [3.63, 3.8) is 0 Å². The van der Waals surface area contributed by atoms with E-state index >= 15 is 0 Å². The van der Waals surface area contributed by atoms with Gasteiger partial charge in [-0.1, -0.05) is 24.3 Å². The topological polar surface area (TPSA) is 83.0 Å². The van der Waals surface area contributed by atoms with Crippen LogP contribution in [0.1, 0.15) is 20.8 Å². The van der Waals surface area contributed by atoms with Gasteiger partial charge in [-0.15, -0.1) is 0 Å². The summed E-state index contributed by atoms with van der Waals surface area (Å²) in [5.74, 6) is -1.10. The normalized spacial score (nSPS) is 10.0. The summed E-state index contributed by atoms with van der Waals surface area (Å²) in [6.45, 7) is 0. The Morgan fingerprint density at radius 3 is 2.81 bits per heavy atom. The van der Waals surface area contributed by atoms with Crippen molar-refractivity contribution in [2.24, 2.45) is 0 Å². The van der Waals surface area contributed by atoms with Gasteiger partial charge in [0.2, 0.25) is 0 Å². The zero-order chi connectivity index (χ0) is 11.5. The molecule has 0 bridgehead atoms. The van der Waals surface area contributed by atoms with Gasteiger partial charge in [-0.3, -0.25) is 4.79 Å². The number of aromatic nitrogens is 2. The molecule has 0 unspecified atom stereocenters. The first-order valence-corrected chi connectivity index (χ1v) is 4.55. The third kappa shape index (κ3) is 1.58. The Morgan fingerprint density at radius 1 is 1.38 bits per heavy atom. The number of rotatable bonds is 3. The highest BCUT2D eigenvalue weighted by Crippen LogP contribution is 2.23. The van der Waals surface area contributed by atoms with Gasteiger partial charge in [0.15, 0.2) is 12.0 Å². The van der Waals surface area contributed by atoms with Crippen LogP contribution < -0.4 is 0 Å². The number of hydrogen-bond donors (Lipinski definition) is 2. The van der Waals surface area contributed by atoms with E-state index in [0.717, 1.165) is 0 Å². The van der Waals surface area contributed by atoms with Gasteiger partial charge in [0, 0.05) is 11.1 Å². The lowest BCUT2D eigenvalue weighted by Crippen LogP contribution is -2.00. The predicted octanol–water partition coefficient (Wildman–Crippen LogP) is 1.59. The lowest BCUT2D eigenvalue weighted by Gasteiger charge is -2.01. The van der Waals surface area contributed by atoms with Crippen molar-refractivity contribution in [3.8, 4) is 11.3 Å². The van der Waals surface area contributed by atoms with Gasteiger partial charge in [-0.2, -0.15) is 0 Å². The molecule has 1 heterocycles. The van der Waals surface area contributed by atoms with E-state index in [1.807, 2.05) is 0 Å². The van der Waals surface area contributed by atoms with Gasteiger partial charge < -0.3 is 10.1 Å². The van der Waals surface area contributed by atoms with Gasteiger partial charge in [0.1, 0.15) is 5.69 Å². The molecule has 0 fully saturated rings. The number of carboxylic acid groups (broad SMARTS) is 1. The second-order valence-corrected chi connectivity index (χ2v) is 3.14. The van der Waals surface area contributed by atoms with E-state index < -0.39 is 5.97 Å². The second kappa shape index (κ2) is 3.98. The molecule has 1 aromatic carbocycles. The molecule has 0 aliphatic carbocycles. The first-order valence-electron chi connectivity index (χ1n) is 4.55. The minimum Gasteiger partial charge on any atom is -0.477 e. The molecule has 16 heavy (non-hydrogen) atoms. The standard InChI is InChI=1S/C11H8N2O3/c14-5-7-3-1-2-4-8(7)9-10(11(15)16)13-6-12-9/h1-6H,(H,12,13)(H,15,16). The number of nitrogens with zero attached hydrogens (tertiary/aromatic N) is 1. The third-order valence-corrected chi connectivity index (χ3v) is 2.20. The van der Waals surface area contributed by atoms with E-state index in [9.17, 15) is 9.59 Å². The number of carbonyl (C=O) groups excluding carboxylic acids is 1. The van der Waals surface area contributed by atoms with Gasteiger partial charge in [0.25, 0.3) is 0 Å². The van der Waals surface area contributed by atoms with Gasteiger partial charge in [0.05, 0.1) is 6.33 Å². The first kappa shape index (κ1) is 10.1. The molecular weight excluding hydrogens is 208 g/mol. The Balaban J connectivity index is 2.63. The van der Waals surface area contributed by atoms with Crippen molar-refractivity contribution in [2.75, 3.05) is 0 Å². The number of imidazole rings is 1. The number of carbonyl (C=O) groups is 2. The minimum atomic E-state index is -1.10. The summed E-state index contributed by atoms with van der Waals surface area (Å²) >= 11 is 0. The van der Waals surface area contributed by atoms with E-state index in [2.05, 4.69) is 9.97 Å². The first-order chi connectivity index (χ1) is 7.74. The van der Waals surface area contributed by atoms with Crippen LogP contribution in [0.3, 0.4) is 0 Å². The Hall–Kier alpha value is -2.43.